The molecule has 7 nitrogen and oxygen atoms in total. The van der Waals surface area contributed by atoms with Crippen molar-refractivity contribution >= 4 is 29.0 Å². The summed E-state index contributed by atoms with van der Waals surface area (Å²) >= 11 is 0.831. The number of aliphatic hydroxyl groups is 1. The van der Waals surface area contributed by atoms with Crippen molar-refractivity contribution < 1.29 is 19.4 Å². The zero-order chi connectivity index (χ0) is 17.1. The van der Waals surface area contributed by atoms with Gasteiger partial charge in [0.1, 0.15) is 12.7 Å². The van der Waals surface area contributed by atoms with E-state index in [0.717, 1.165) is 17.3 Å². The molecule has 1 aromatic heterocycles. The van der Waals surface area contributed by atoms with Crippen molar-refractivity contribution in [1.82, 2.24) is 15.1 Å². The molecule has 2 aromatic rings. The SMILES string of the molecule is Cn1nc(C=C2SC(=O)NC2=O)cc1OCC(O)c1ccccc1. The van der Waals surface area contributed by atoms with Crippen LogP contribution in [0.5, 0.6) is 5.88 Å². The Bertz CT molecular complexity index is 801. The molecule has 1 saturated heterocycles. The molecule has 0 spiro atoms. The monoisotopic (exact) mass is 345 g/mol. The molecular formula is C16H15N3O4S. The van der Waals surface area contributed by atoms with Crippen LogP contribution in [-0.4, -0.2) is 32.6 Å². The maximum Gasteiger partial charge on any atom is 0.290 e. The highest BCUT2D eigenvalue weighted by atomic mass is 32.2. The van der Waals surface area contributed by atoms with Crippen LogP contribution in [0, 0.1) is 0 Å². The smallest absolute Gasteiger partial charge is 0.290 e. The fourth-order valence-electron chi connectivity index (χ4n) is 2.17. The summed E-state index contributed by atoms with van der Waals surface area (Å²) in [6.07, 6.45) is 0.766. The Morgan fingerprint density at radius 2 is 2.12 bits per heavy atom. The summed E-state index contributed by atoms with van der Waals surface area (Å²) in [6.45, 7) is 0.0767. The Kier molecular flexibility index (Phi) is 4.68. The van der Waals surface area contributed by atoms with E-state index < -0.39 is 17.3 Å². The molecular weight excluding hydrogens is 330 g/mol. The summed E-state index contributed by atoms with van der Waals surface area (Å²) in [7, 11) is 1.69. The van der Waals surface area contributed by atoms with Crippen molar-refractivity contribution in [2.24, 2.45) is 7.05 Å². The van der Waals surface area contributed by atoms with E-state index in [9.17, 15) is 14.7 Å². The van der Waals surface area contributed by atoms with E-state index in [4.69, 9.17) is 4.74 Å². The number of rotatable bonds is 5. The van der Waals surface area contributed by atoms with Gasteiger partial charge >= 0.3 is 0 Å². The Morgan fingerprint density at radius 3 is 2.79 bits per heavy atom. The number of aromatic nitrogens is 2. The first kappa shape index (κ1) is 16.3. The Morgan fingerprint density at radius 1 is 1.38 bits per heavy atom. The summed E-state index contributed by atoms with van der Waals surface area (Å²) < 4.78 is 7.10. The predicted octanol–water partition coefficient (Wildman–Crippen LogP) is 1.86. The fraction of sp³-hybridized carbons (Fsp3) is 0.188. The topological polar surface area (TPSA) is 93.5 Å². The van der Waals surface area contributed by atoms with Gasteiger partial charge in [0.05, 0.1) is 10.6 Å². The number of hydrogen-bond donors (Lipinski definition) is 2. The molecule has 0 aliphatic carbocycles. The number of carbonyl (C=O) groups is 2. The quantitative estimate of drug-likeness (QED) is 0.804. The molecule has 3 rings (SSSR count). The van der Waals surface area contributed by atoms with Crippen molar-refractivity contribution in [3.05, 3.63) is 52.6 Å². The largest absolute Gasteiger partial charge is 0.475 e. The zero-order valence-corrected chi connectivity index (χ0v) is 13.6. The summed E-state index contributed by atoms with van der Waals surface area (Å²) in [5.74, 6) is 0.0178. The number of thioether (sulfide) groups is 1. The highest BCUT2D eigenvalue weighted by Crippen LogP contribution is 2.26. The highest BCUT2D eigenvalue weighted by molar-refractivity contribution is 8.18. The first-order valence-electron chi connectivity index (χ1n) is 7.17. The minimum atomic E-state index is -0.753. The average Bonchev–Trinajstić information content (AvgIpc) is 3.07. The highest BCUT2D eigenvalue weighted by Gasteiger charge is 2.25. The normalized spacial score (nSPS) is 17.2. The van der Waals surface area contributed by atoms with Crippen LogP contribution < -0.4 is 10.1 Å². The molecule has 1 aliphatic heterocycles. The number of amides is 2. The van der Waals surface area contributed by atoms with Crippen LogP contribution >= 0.6 is 11.8 Å². The first-order chi connectivity index (χ1) is 11.5. The van der Waals surface area contributed by atoms with Gasteiger partial charge in [0.25, 0.3) is 11.1 Å². The van der Waals surface area contributed by atoms with Gasteiger partial charge in [0.2, 0.25) is 5.88 Å². The molecule has 1 aliphatic rings. The third kappa shape index (κ3) is 3.66. The molecule has 124 valence electrons. The molecule has 0 radical (unpaired) electrons. The van der Waals surface area contributed by atoms with Crippen LogP contribution in [0.4, 0.5) is 4.79 Å². The molecule has 8 heteroatoms. The van der Waals surface area contributed by atoms with Crippen LogP contribution in [0.2, 0.25) is 0 Å². The third-order valence-corrected chi connectivity index (χ3v) is 4.16. The second-order valence-electron chi connectivity index (χ2n) is 5.12. The van der Waals surface area contributed by atoms with Crippen molar-refractivity contribution in [3.63, 3.8) is 0 Å². The second kappa shape index (κ2) is 6.90. The Balaban J connectivity index is 1.67. The molecule has 0 saturated carbocycles. The first-order valence-corrected chi connectivity index (χ1v) is 7.99. The third-order valence-electron chi connectivity index (χ3n) is 3.35. The van der Waals surface area contributed by atoms with Crippen molar-refractivity contribution in [2.45, 2.75) is 6.10 Å². The van der Waals surface area contributed by atoms with Crippen LogP contribution in [0.25, 0.3) is 6.08 Å². The van der Waals surface area contributed by atoms with E-state index in [-0.39, 0.29) is 11.5 Å². The van der Waals surface area contributed by atoms with Crippen molar-refractivity contribution in [1.29, 1.82) is 0 Å². The molecule has 1 unspecified atom stereocenters. The summed E-state index contributed by atoms with van der Waals surface area (Å²) in [4.78, 5) is 23.0. The van der Waals surface area contributed by atoms with Crippen LogP contribution in [-0.2, 0) is 11.8 Å². The van der Waals surface area contributed by atoms with Gasteiger partial charge in [0, 0.05) is 13.1 Å². The van der Waals surface area contributed by atoms with Gasteiger partial charge in [-0.3, -0.25) is 14.9 Å². The summed E-state index contributed by atoms with van der Waals surface area (Å²) in [6, 6.07) is 10.8. The van der Waals surface area contributed by atoms with E-state index in [2.05, 4.69) is 10.4 Å². The predicted molar refractivity (Wildman–Crippen MR) is 89.2 cm³/mol. The standard InChI is InChI=1S/C16H15N3O4S/c1-19-14(23-9-12(20)10-5-3-2-4-6-10)8-11(18-19)7-13-15(21)17-16(22)24-13/h2-8,12,20H,9H2,1H3,(H,17,21,22). The van der Waals surface area contributed by atoms with E-state index in [1.807, 2.05) is 30.3 Å². The summed E-state index contributed by atoms with van der Waals surface area (Å²) in [5, 5.41) is 16.1. The number of carbonyl (C=O) groups excluding carboxylic acids is 2. The van der Waals surface area contributed by atoms with E-state index >= 15 is 0 Å². The van der Waals surface area contributed by atoms with Crippen LogP contribution in [0.1, 0.15) is 17.4 Å². The van der Waals surface area contributed by atoms with Gasteiger partial charge in [-0.2, -0.15) is 5.10 Å². The van der Waals surface area contributed by atoms with Gasteiger partial charge < -0.3 is 9.84 Å². The van der Waals surface area contributed by atoms with E-state index in [0.29, 0.717) is 11.6 Å². The molecule has 2 amide bonds. The van der Waals surface area contributed by atoms with E-state index in [1.165, 1.54) is 10.8 Å². The minimum absolute atomic E-state index is 0.0767. The molecule has 24 heavy (non-hydrogen) atoms. The average molecular weight is 345 g/mol. The number of nitrogens with one attached hydrogen (secondary N) is 1. The zero-order valence-electron chi connectivity index (χ0n) is 12.8. The number of nitrogens with zero attached hydrogens (tertiary/aromatic N) is 2. The second-order valence-corrected chi connectivity index (χ2v) is 6.14. The lowest BCUT2D eigenvalue weighted by Gasteiger charge is -2.12. The minimum Gasteiger partial charge on any atom is -0.475 e. The number of benzene rings is 1. The lowest BCUT2D eigenvalue weighted by atomic mass is 10.1. The lowest BCUT2D eigenvalue weighted by molar-refractivity contribution is -0.115. The number of ether oxygens (including phenoxy) is 1. The van der Waals surface area contributed by atoms with Crippen molar-refractivity contribution in [3.8, 4) is 5.88 Å². The molecule has 2 N–H and O–H groups in total. The molecule has 0 bridgehead atoms. The van der Waals surface area contributed by atoms with Crippen LogP contribution in [0.3, 0.4) is 0 Å². The maximum absolute atomic E-state index is 11.5. The maximum atomic E-state index is 11.5. The number of aryl methyl sites for hydroxylation is 1. The Labute approximate surface area is 142 Å². The molecule has 1 fully saturated rings. The molecule has 1 aromatic carbocycles. The van der Waals surface area contributed by atoms with Gasteiger partial charge in [-0.1, -0.05) is 30.3 Å². The van der Waals surface area contributed by atoms with Crippen LogP contribution in [0.15, 0.2) is 41.3 Å². The number of hydrogen-bond acceptors (Lipinski definition) is 6. The van der Waals surface area contributed by atoms with Gasteiger partial charge in [-0.05, 0) is 23.4 Å². The number of aliphatic hydroxyl groups excluding tert-OH is 1. The van der Waals surface area contributed by atoms with Gasteiger partial charge in [-0.25, -0.2) is 4.68 Å². The molecule has 2 heterocycles. The lowest BCUT2D eigenvalue weighted by Crippen LogP contribution is -2.17. The summed E-state index contributed by atoms with van der Waals surface area (Å²) in [5.41, 5.74) is 1.26. The van der Waals surface area contributed by atoms with Crippen molar-refractivity contribution in [2.75, 3.05) is 6.61 Å². The Hall–Kier alpha value is -2.58. The van der Waals surface area contributed by atoms with Gasteiger partial charge in [0.15, 0.2) is 0 Å². The number of imide groups is 1. The van der Waals surface area contributed by atoms with Gasteiger partial charge in [-0.15, -0.1) is 0 Å². The molecule has 1 atom stereocenters. The fourth-order valence-corrected chi connectivity index (χ4v) is 2.83. The van der Waals surface area contributed by atoms with E-state index in [1.54, 1.807) is 13.1 Å².